The van der Waals surface area contributed by atoms with Gasteiger partial charge in [0, 0.05) is 5.02 Å². The Morgan fingerprint density at radius 3 is 2.12 bits per heavy atom. The standard InChI is InChI=1S/C12H17BrCl2OSi/c1-12(2,3)17(4,5)16-11-9(13)6-8(14)7-10(11)15/h6-7H,1-5H3. The van der Waals surface area contributed by atoms with Crippen molar-refractivity contribution in [1.29, 1.82) is 0 Å². The van der Waals surface area contributed by atoms with Crippen LogP contribution in [0.15, 0.2) is 16.6 Å². The smallest absolute Gasteiger partial charge is 0.250 e. The molecule has 0 fully saturated rings. The summed E-state index contributed by atoms with van der Waals surface area (Å²) >= 11 is 15.5. The predicted molar refractivity (Wildman–Crippen MR) is 82.0 cm³/mol. The Hall–Kier alpha value is 0.297. The number of benzene rings is 1. The molecule has 5 heteroatoms. The molecule has 0 atom stereocenters. The van der Waals surface area contributed by atoms with Crippen LogP contribution in [0.3, 0.4) is 0 Å². The molecule has 1 aromatic carbocycles. The van der Waals surface area contributed by atoms with E-state index in [9.17, 15) is 0 Å². The Kier molecular flexibility index (Phi) is 4.62. The molecular weight excluding hydrogens is 339 g/mol. The van der Waals surface area contributed by atoms with E-state index < -0.39 is 8.32 Å². The Morgan fingerprint density at radius 2 is 1.71 bits per heavy atom. The van der Waals surface area contributed by atoms with E-state index in [2.05, 4.69) is 49.8 Å². The van der Waals surface area contributed by atoms with Gasteiger partial charge in [-0.15, -0.1) is 0 Å². The predicted octanol–water partition coefficient (Wildman–Crippen LogP) is 6.14. The van der Waals surface area contributed by atoms with Crippen LogP contribution in [0.1, 0.15) is 20.8 Å². The quantitative estimate of drug-likeness (QED) is 0.579. The molecule has 0 radical (unpaired) electrons. The van der Waals surface area contributed by atoms with Gasteiger partial charge in [0.1, 0.15) is 5.75 Å². The minimum Gasteiger partial charge on any atom is -0.542 e. The first-order chi connectivity index (χ1) is 7.54. The Balaban J connectivity index is 3.13. The maximum absolute atomic E-state index is 6.18. The molecule has 0 N–H and O–H groups in total. The van der Waals surface area contributed by atoms with Crippen LogP contribution in [0.5, 0.6) is 5.75 Å². The maximum atomic E-state index is 6.18. The van der Waals surface area contributed by atoms with Gasteiger partial charge in [-0.1, -0.05) is 44.0 Å². The average molecular weight is 356 g/mol. The maximum Gasteiger partial charge on any atom is 0.250 e. The summed E-state index contributed by atoms with van der Waals surface area (Å²) in [5.41, 5.74) is 0. The molecule has 0 aliphatic carbocycles. The number of hydrogen-bond donors (Lipinski definition) is 0. The van der Waals surface area contributed by atoms with Gasteiger partial charge in [0.05, 0.1) is 9.50 Å². The fraction of sp³-hybridized carbons (Fsp3) is 0.500. The lowest BCUT2D eigenvalue weighted by molar-refractivity contribution is 0.490. The average Bonchev–Trinajstić information content (AvgIpc) is 2.09. The SMILES string of the molecule is CC(C)(C)[Si](C)(C)Oc1c(Cl)cc(Cl)cc1Br. The summed E-state index contributed by atoms with van der Waals surface area (Å²) in [6.07, 6.45) is 0. The van der Waals surface area contributed by atoms with Crippen LogP contribution in [0.25, 0.3) is 0 Å². The molecule has 1 aromatic rings. The van der Waals surface area contributed by atoms with E-state index in [0.29, 0.717) is 15.8 Å². The summed E-state index contributed by atoms with van der Waals surface area (Å²) in [5, 5.41) is 1.29. The second kappa shape index (κ2) is 5.12. The highest BCUT2D eigenvalue weighted by atomic mass is 79.9. The van der Waals surface area contributed by atoms with Crippen molar-refractivity contribution in [1.82, 2.24) is 0 Å². The minimum absolute atomic E-state index is 0.134. The van der Waals surface area contributed by atoms with Gasteiger partial charge in [-0.25, -0.2) is 0 Å². The van der Waals surface area contributed by atoms with Crippen LogP contribution in [0, 0.1) is 0 Å². The van der Waals surface area contributed by atoms with Gasteiger partial charge < -0.3 is 4.43 Å². The molecule has 17 heavy (non-hydrogen) atoms. The molecular formula is C12H17BrCl2OSi. The van der Waals surface area contributed by atoms with E-state index in [1.807, 2.05) is 0 Å². The van der Waals surface area contributed by atoms with Crippen LogP contribution in [0.2, 0.25) is 28.2 Å². The summed E-state index contributed by atoms with van der Waals surface area (Å²) in [7, 11) is -1.88. The van der Waals surface area contributed by atoms with Gasteiger partial charge in [0.2, 0.25) is 0 Å². The largest absolute Gasteiger partial charge is 0.542 e. The van der Waals surface area contributed by atoms with Crippen molar-refractivity contribution in [3.8, 4) is 5.75 Å². The number of halogens is 3. The third-order valence-corrected chi connectivity index (χ3v) is 8.54. The first-order valence-corrected chi connectivity index (χ1v) is 9.84. The molecule has 0 saturated carbocycles. The summed E-state index contributed by atoms with van der Waals surface area (Å²) < 4.78 is 6.99. The number of hydrogen-bond acceptors (Lipinski definition) is 1. The Labute approximate surface area is 123 Å². The van der Waals surface area contributed by atoms with Gasteiger partial charge >= 0.3 is 0 Å². The van der Waals surface area contributed by atoms with E-state index in [0.717, 1.165) is 4.47 Å². The fourth-order valence-electron chi connectivity index (χ4n) is 1.03. The lowest BCUT2D eigenvalue weighted by Gasteiger charge is -2.37. The molecule has 0 aliphatic heterocycles. The van der Waals surface area contributed by atoms with Crippen LogP contribution in [-0.4, -0.2) is 8.32 Å². The van der Waals surface area contributed by atoms with Crippen molar-refractivity contribution in [2.24, 2.45) is 0 Å². The van der Waals surface area contributed by atoms with E-state index in [1.165, 1.54) is 0 Å². The van der Waals surface area contributed by atoms with Gasteiger partial charge in [-0.3, -0.25) is 0 Å². The zero-order valence-electron chi connectivity index (χ0n) is 10.7. The van der Waals surface area contributed by atoms with Crippen molar-refractivity contribution >= 4 is 47.4 Å². The third-order valence-electron chi connectivity index (χ3n) is 3.13. The molecule has 0 spiro atoms. The van der Waals surface area contributed by atoms with E-state index in [4.69, 9.17) is 27.6 Å². The molecule has 0 aliphatic rings. The highest BCUT2D eigenvalue weighted by molar-refractivity contribution is 9.10. The first-order valence-electron chi connectivity index (χ1n) is 5.38. The summed E-state index contributed by atoms with van der Waals surface area (Å²) in [4.78, 5) is 0. The second-order valence-electron chi connectivity index (χ2n) is 5.56. The Morgan fingerprint density at radius 1 is 1.18 bits per heavy atom. The van der Waals surface area contributed by atoms with Crippen molar-refractivity contribution in [3.63, 3.8) is 0 Å². The van der Waals surface area contributed by atoms with Gasteiger partial charge in [-0.05, 0) is 46.2 Å². The molecule has 0 aromatic heterocycles. The number of rotatable bonds is 2. The van der Waals surface area contributed by atoms with Crippen molar-refractivity contribution in [2.45, 2.75) is 38.9 Å². The van der Waals surface area contributed by atoms with Gasteiger partial charge in [0.15, 0.2) is 0 Å². The normalized spacial score (nSPS) is 12.7. The van der Waals surface area contributed by atoms with Crippen molar-refractivity contribution < 1.29 is 4.43 Å². The molecule has 96 valence electrons. The molecule has 0 bridgehead atoms. The topological polar surface area (TPSA) is 9.23 Å². The molecule has 0 amide bonds. The van der Waals surface area contributed by atoms with E-state index >= 15 is 0 Å². The zero-order chi connectivity index (χ0) is 13.4. The summed E-state index contributed by atoms with van der Waals surface area (Å²) in [6.45, 7) is 10.9. The van der Waals surface area contributed by atoms with Gasteiger partial charge in [-0.2, -0.15) is 0 Å². The molecule has 0 saturated heterocycles. The minimum atomic E-state index is -1.88. The van der Waals surface area contributed by atoms with E-state index in [-0.39, 0.29) is 5.04 Å². The highest BCUT2D eigenvalue weighted by Gasteiger charge is 2.39. The van der Waals surface area contributed by atoms with Gasteiger partial charge in [0.25, 0.3) is 8.32 Å². The fourth-order valence-corrected chi connectivity index (χ4v) is 3.60. The lowest BCUT2D eigenvalue weighted by atomic mass is 10.2. The van der Waals surface area contributed by atoms with Crippen molar-refractivity contribution in [3.05, 3.63) is 26.7 Å². The lowest BCUT2D eigenvalue weighted by Crippen LogP contribution is -2.44. The molecule has 0 heterocycles. The highest BCUT2D eigenvalue weighted by Crippen LogP contribution is 2.42. The van der Waals surface area contributed by atoms with Crippen LogP contribution in [-0.2, 0) is 0 Å². The molecule has 1 rings (SSSR count). The van der Waals surface area contributed by atoms with Crippen LogP contribution in [0.4, 0.5) is 0 Å². The van der Waals surface area contributed by atoms with Crippen LogP contribution < -0.4 is 4.43 Å². The summed E-state index contributed by atoms with van der Waals surface area (Å²) in [5.74, 6) is 0.697. The molecule has 0 unspecified atom stereocenters. The van der Waals surface area contributed by atoms with E-state index in [1.54, 1.807) is 12.1 Å². The second-order valence-corrected chi connectivity index (χ2v) is 12.0. The molecule has 1 nitrogen and oxygen atoms in total. The monoisotopic (exact) mass is 354 g/mol. The third kappa shape index (κ3) is 3.63. The van der Waals surface area contributed by atoms with Crippen molar-refractivity contribution in [2.75, 3.05) is 0 Å². The Bertz CT molecular complexity index is 404. The summed E-state index contributed by atoms with van der Waals surface area (Å²) in [6, 6.07) is 3.51. The first kappa shape index (κ1) is 15.4. The van der Waals surface area contributed by atoms with Crippen LogP contribution >= 0.6 is 39.1 Å². The zero-order valence-corrected chi connectivity index (χ0v) is 14.8.